The third kappa shape index (κ3) is 4.58. The molecule has 0 bridgehead atoms. The normalized spacial score (nSPS) is 19.4. The van der Waals surface area contributed by atoms with Gasteiger partial charge in [-0.2, -0.15) is 5.10 Å². The molecule has 1 aliphatic heterocycles. The predicted molar refractivity (Wildman–Crippen MR) is 107 cm³/mol. The van der Waals surface area contributed by atoms with Crippen molar-refractivity contribution in [2.24, 2.45) is 7.05 Å². The Kier molecular flexibility index (Phi) is 5.68. The minimum Gasteiger partial charge on any atom is -0.486 e. The molecule has 2 atom stereocenters. The van der Waals surface area contributed by atoms with Gasteiger partial charge >= 0.3 is 0 Å². The summed E-state index contributed by atoms with van der Waals surface area (Å²) in [5.41, 5.74) is 2.00. The SMILES string of the molecule is Cn1cc([C@@H]2NC(=O)CC[C@H]2NCc2csc(COc3ccccc3)n2)cn1. The summed E-state index contributed by atoms with van der Waals surface area (Å²) in [7, 11) is 1.88. The number of nitrogens with one attached hydrogen (secondary N) is 2. The molecule has 0 radical (unpaired) electrons. The molecule has 8 heteroatoms. The number of thiazole rings is 1. The van der Waals surface area contributed by atoms with Crippen molar-refractivity contribution in [3.63, 3.8) is 0 Å². The molecule has 1 aromatic carbocycles. The quantitative estimate of drug-likeness (QED) is 0.640. The van der Waals surface area contributed by atoms with E-state index in [4.69, 9.17) is 4.74 Å². The second kappa shape index (κ2) is 8.53. The Morgan fingerprint density at radius 1 is 1.36 bits per heavy atom. The number of carbonyl (C=O) groups is 1. The number of para-hydroxylation sites is 1. The fourth-order valence-electron chi connectivity index (χ4n) is 3.33. The molecular weight excluding hydrogens is 374 g/mol. The Balaban J connectivity index is 1.34. The van der Waals surface area contributed by atoms with E-state index in [1.807, 2.05) is 49.8 Å². The van der Waals surface area contributed by atoms with Gasteiger partial charge in [-0.25, -0.2) is 4.98 Å². The zero-order valence-electron chi connectivity index (χ0n) is 15.7. The highest BCUT2D eigenvalue weighted by Gasteiger charge is 2.30. The van der Waals surface area contributed by atoms with Crippen molar-refractivity contribution < 1.29 is 9.53 Å². The average Bonchev–Trinajstić information content (AvgIpc) is 3.35. The number of piperidine rings is 1. The summed E-state index contributed by atoms with van der Waals surface area (Å²) < 4.78 is 7.52. The van der Waals surface area contributed by atoms with Crippen molar-refractivity contribution >= 4 is 17.2 Å². The van der Waals surface area contributed by atoms with E-state index in [0.29, 0.717) is 19.6 Å². The molecule has 4 rings (SSSR count). The number of carbonyl (C=O) groups excluding carboxylic acids is 1. The first-order chi connectivity index (χ1) is 13.7. The Labute approximate surface area is 167 Å². The Bertz CT molecular complexity index is 924. The molecule has 1 saturated heterocycles. The molecule has 0 saturated carbocycles. The fourth-order valence-corrected chi connectivity index (χ4v) is 4.03. The van der Waals surface area contributed by atoms with E-state index in [1.54, 1.807) is 16.0 Å². The van der Waals surface area contributed by atoms with Crippen molar-refractivity contribution in [3.05, 3.63) is 64.4 Å². The second-order valence-corrected chi connectivity index (χ2v) is 7.80. The Morgan fingerprint density at radius 2 is 2.21 bits per heavy atom. The molecule has 1 fully saturated rings. The lowest BCUT2D eigenvalue weighted by molar-refractivity contribution is -0.123. The molecule has 0 spiro atoms. The van der Waals surface area contributed by atoms with Crippen LogP contribution in [0.2, 0.25) is 0 Å². The molecule has 3 heterocycles. The van der Waals surface area contributed by atoms with Crippen LogP contribution in [0.15, 0.2) is 48.1 Å². The van der Waals surface area contributed by atoms with Gasteiger partial charge in [-0.3, -0.25) is 9.48 Å². The van der Waals surface area contributed by atoms with Crippen molar-refractivity contribution in [2.75, 3.05) is 0 Å². The fraction of sp³-hybridized carbons (Fsp3) is 0.350. The molecule has 2 N–H and O–H groups in total. The first-order valence-electron chi connectivity index (χ1n) is 9.30. The zero-order valence-corrected chi connectivity index (χ0v) is 16.5. The summed E-state index contributed by atoms with van der Waals surface area (Å²) in [4.78, 5) is 16.5. The standard InChI is InChI=1S/C20H23N5O2S/c1-25-11-14(9-22-25)20-17(7-8-18(26)24-20)21-10-15-13-28-19(23-15)12-27-16-5-3-2-4-6-16/h2-6,9,11,13,17,20-21H,7-8,10,12H2,1H3,(H,24,26)/t17-,20+/m1/s1. The minimum atomic E-state index is -0.0746. The van der Waals surface area contributed by atoms with Gasteiger partial charge in [0.2, 0.25) is 5.91 Å². The summed E-state index contributed by atoms with van der Waals surface area (Å²) in [5, 5.41) is 13.9. The van der Waals surface area contributed by atoms with Crippen molar-refractivity contribution in [1.82, 2.24) is 25.4 Å². The van der Waals surface area contributed by atoms with Gasteiger partial charge in [0, 0.05) is 43.2 Å². The van der Waals surface area contributed by atoms with Crippen LogP contribution in [0.4, 0.5) is 0 Å². The van der Waals surface area contributed by atoms with Gasteiger partial charge in [-0.1, -0.05) is 18.2 Å². The van der Waals surface area contributed by atoms with E-state index in [-0.39, 0.29) is 18.0 Å². The topological polar surface area (TPSA) is 81.1 Å². The number of aromatic nitrogens is 3. The minimum absolute atomic E-state index is 0.0746. The van der Waals surface area contributed by atoms with Gasteiger partial charge in [-0.05, 0) is 18.6 Å². The molecule has 28 heavy (non-hydrogen) atoms. The van der Waals surface area contributed by atoms with Gasteiger partial charge in [0.05, 0.1) is 17.9 Å². The number of rotatable bonds is 7. The summed E-state index contributed by atoms with van der Waals surface area (Å²) in [6.45, 7) is 1.12. The number of aryl methyl sites for hydroxylation is 1. The van der Waals surface area contributed by atoms with E-state index in [0.717, 1.165) is 28.4 Å². The van der Waals surface area contributed by atoms with E-state index >= 15 is 0 Å². The van der Waals surface area contributed by atoms with Crippen LogP contribution in [0.1, 0.15) is 35.1 Å². The highest BCUT2D eigenvalue weighted by atomic mass is 32.1. The number of hydrogen-bond donors (Lipinski definition) is 2. The molecular formula is C20H23N5O2S. The van der Waals surface area contributed by atoms with E-state index in [1.165, 1.54) is 0 Å². The molecule has 3 aromatic rings. The number of benzene rings is 1. The van der Waals surface area contributed by atoms with Crippen LogP contribution >= 0.6 is 11.3 Å². The summed E-state index contributed by atoms with van der Waals surface area (Å²) >= 11 is 1.60. The van der Waals surface area contributed by atoms with Crippen LogP contribution in [0.3, 0.4) is 0 Å². The summed E-state index contributed by atoms with van der Waals surface area (Å²) in [6.07, 6.45) is 5.08. The molecule has 1 aliphatic rings. The highest BCUT2D eigenvalue weighted by molar-refractivity contribution is 7.09. The third-order valence-electron chi connectivity index (χ3n) is 4.74. The Morgan fingerprint density at radius 3 is 3.00 bits per heavy atom. The van der Waals surface area contributed by atoms with Crippen molar-refractivity contribution in [3.8, 4) is 5.75 Å². The third-order valence-corrected chi connectivity index (χ3v) is 5.61. The number of hydrogen-bond acceptors (Lipinski definition) is 6. The largest absolute Gasteiger partial charge is 0.486 e. The van der Waals surface area contributed by atoms with Crippen molar-refractivity contribution in [2.45, 2.75) is 38.1 Å². The maximum atomic E-state index is 11.9. The lowest BCUT2D eigenvalue weighted by Crippen LogP contribution is -2.48. The monoisotopic (exact) mass is 397 g/mol. The lowest BCUT2D eigenvalue weighted by atomic mass is 9.93. The summed E-state index contributed by atoms with van der Waals surface area (Å²) in [5.74, 6) is 0.926. The smallest absolute Gasteiger partial charge is 0.220 e. The van der Waals surface area contributed by atoms with Crippen LogP contribution in [0, 0.1) is 0 Å². The zero-order chi connectivity index (χ0) is 19.3. The molecule has 0 aliphatic carbocycles. The van der Waals surface area contributed by atoms with Gasteiger partial charge in [-0.15, -0.1) is 11.3 Å². The first-order valence-corrected chi connectivity index (χ1v) is 10.2. The molecule has 146 valence electrons. The molecule has 0 unspecified atom stereocenters. The first kappa shape index (κ1) is 18.6. The molecule has 2 aromatic heterocycles. The highest BCUT2D eigenvalue weighted by Crippen LogP contribution is 2.24. The van der Waals surface area contributed by atoms with Crippen LogP contribution in [-0.2, 0) is 25.0 Å². The predicted octanol–water partition coefficient (Wildman–Crippen LogP) is 2.57. The number of nitrogens with zero attached hydrogens (tertiary/aromatic N) is 3. The van der Waals surface area contributed by atoms with Crippen molar-refractivity contribution in [1.29, 1.82) is 0 Å². The van der Waals surface area contributed by atoms with Gasteiger partial charge in [0.1, 0.15) is 17.4 Å². The van der Waals surface area contributed by atoms with E-state index in [9.17, 15) is 4.79 Å². The second-order valence-electron chi connectivity index (χ2n) is 6.85. The lowest BCUT2D eigenvalue weighted by Gasteiger charge is -2.32. The molecule has 7 nitrogen and oxygen atoms in total. The maximum absolute atomic E-state index is 11.9. The van der Waals surface area contributed by atoms with Crippen LogP contribution in [0.5, 0.6) is 5.75 Å². The van der Waals surface area contributed by atoms with E-state index < -0.39 is 0 Å². The van der Waals surface area contributed by atoms with Gasteiger partial charge in [0.25, 0.3) is 0 Å². The maximum Gasteiger partial charge on any atom is 0.220 e. The van der Waals surface area contributed by atoms with Crippen LogP contribution < -0.4 is 15.4 Å². The molecule has 1 amide bonds. The van der Waals surface area contributed by atoms with Gasteiger partial charge < -0.3 is 15.4 Å². The summed E-state index contributed by atoms with van der Waals surface area (Å²) in [6, 6.07) is 9.81. The van der Waals surface area contributed by atoms with E-state index in [2.05, 4.69) is 26.1 Å². The average molecular weight is 398 g/mol. The van der Waals surface area contributed by atoms with Crippen LogP contribution in [-0.4, -0.2) is 26.7 Å². The number of amides is 1. The number of ether oxygens (including phenoxy) is 1. The Hall–Kier alpha value is -2.71. The van der Waals surface area contributed by atoms with Crippen LogP contribution in [0.25, 0.3) is 0 Å². The van der Waals surface area contributed by atoms with Gasteiger partial charge in [0.15, 0.2) is 0 Å².